The molecular formula is C15H15FINO. The number of nitrogens with two attached hydrogens (primary N) is 1. The van der Waals surface area contributed by atoms with Gasteiger partial charge in [-0.25, -0.2) is 4.39 Å². The first-order valence-corrected chi connectivity index (χ1v) is 6.97. The molecule has 2 N–H and O–H groups in total. The number of hydrogen-bond donors (Lipinski definition) is 1. The predicted molar refractivity (Wildman–Crippen MR) is 82.9 cm³/mol. The van der Waals surface area contributed by atoms with Gasteiger partial charge in [0.1, 0.15) is 0 Å². The lowest BCUT2D eigenvalue weighted by molar-refractivity contribution is 0.383. The lowest BCUT2D eigenvalue weighted by Crippen LogP contribution is -2.15. The Balaban J connectivity index is 2.50. The molecule has 0 aliphatic carbocycles. The highest BCUT2D eigenvalue weighted by atomic mass is 127. The van der Waals surface area contributed by atoms with Crippen LogP contribution < -0.4 is 10.5 Å². The second-order valence-electron chi connectivity index (χ2n) is 4.32. The van der Waals surface area contributed by atoms with E-state index in [0.717, 1.165) is 14.7 Å². The summed E-state index contributed by atoms with van der Waals surface area (Å²) in [5.41, 5.74) is 8.72. The molecule has 4 heteroatoms. The molecule has 0 amide bonds. The molecular weight excluding hydrogens is 356 g/mol. The molecule has 0 saturated heterocycles. The van der Waals surface area contributed by atoms with Gasteiger partial charge in [-0.2, -0.15) is 0 Å². The van der Waals surface area contributed by atoms with Crippen LogP contribution in [0, 0.1) is 16.3 Å². The zero-order valence-electron chi connectivity index (χ0n) is 10.8. The van der Waals surface area contributed by atoms with Crippen molar-refractivity contribution in [2.24, 2.45) is 5.73 Å². The lowest BCUT2D eigenvalue weighted by atomic mass is 9.97. The molecule has 0 radical (unpaired) electrons. The molecule has 2 aromatic rings. The number of rotatable bonds is 3. The minimum absolute atomic E-state index is 0.218. The summed E-state index contributed by atoms with van der Waals surface area (Å²) in [5, 5.41) is 0. The summed E-state index contributed by atoms with van der Waals surface area (Å²) in [6.07, 6.45) is 0. The fraction of sp³-hybridized carbons (Fsp3) is 0.200. The van der Waals surface area contributed by atoms with E-state index in [1.807, 2.05) is 25.1 Å². The summed E-state index contributed by atoms with van der Waals surface area (Å²) in [5.74, 6) is -0.176. The Bertz CT molecular complexity index is 601. The van der Waals surface area contributed by atoms with Gasteiger partial charge in [-0.1, -0.05) is 30.3 Å². The SMILES string of the molecule is COc1cccc(C(N)c2cccc(C)c2I)c1F. The molecule has 0 aliphatic heterocycles. The van der Waals surface area contributed by atoms with E-state index in [0.29, 0.717) is 5.56 Å². The molecule has 100 valence electrons. The van der Waals surface area contributed by atoms with Gasteiger partial charge in [0, 0.05) is 9.13 Å². The number of benzene rings is 2. The topological polar surface area (TPSA) is 35.2 Å². The van der Waals surface area contributed by atoms with Crippen LogP contribution in [-0.2, 0) is 0 Å². The van der Waals surface area contributed by atoms with Crippen LogP contribution >= 0.6 is 22.6 Å². The first-order valence-electron chi connectivity index (χ1n) is 5.89. The van der Waals surface area contributed by atoms with Crippen LogP contribution in [0.3, 0.4) is 0 Å². The highest BCUT2D eigenvalue weighted by Gasteiger charge is 2.19. The zero-order chi connectivity index (χ0) is 14.0. The summed E-state index contributed by atoms with van der Waals surface area (Å²) in [6.45, 7) is 2.01. The van der Waals surface area contributed by atoms with Gasteiger partial charge in [0.05, 0.1) is 13.2 Å². The number of halogens is 2. The third-order valence-electron chi connectivity index (χ3n) is 3.10. The van der Waals surface area contributed by atoms with Crippen molar-refractivity contribution >= 4 is 22.6 Å². The maximum Gasteiger partial charge on any atom is 0.170 e. The van der Waals surface area contributed by atoms with Crippen LogP contribution in [0.2, 0.25) is 0 Å². The van der Waals surface area contributed by atoms with Gasteiger partial charge in [-0.15, -0.1) is 0 Å². The van der Waals surface area contributed by atoms with Gasteiger partial charge in [-0.3, -0.25) is 0 Å². The van der Waals surface area contributed by atoms with E-state index in [-0.39, 0.29) is 5.75 Å². The molecule has 1 unspecified atom stereocenters. The zero-order valence-corrected chi connectivity index (χ0v) is 12.9. The van der Waals surface area contributed by atoms with Gasteiger partial charge >= 0.3 is 0 Å². The second-order valence-corrected chi connectivity index (χ2v) is 5.40. The van der Waals surface area contributed by atoms with Crippen molar-refractivity contribution in [2.75, 3.05) is 7.11 Å². The molecule has 2 nitrogen and oxygen atoms in total. The van der Waals surface area contributed by atoms with Crippen LogP contribution in [0.1, 0.15) is 22.7 Å². The molecule has 19 heavy (non-hydrogen) atoms. The van der Waals surface area contributed by atoms with E-state index >= 15 is 0 Å². The van der Waals surface area contributed by atoms with E-state index in [2.05, 4.69) is 22.6 Å². The number of aryl methyl sites for hydroxylation is 1. The molecule has 0 fully saturated rings. The molecule has 2 rings (SSSR count). The third kappa shape index (κ3) is 2.74. The fourth-order valence-electron chi connectivity index (χ4n) is 2.00. The van der Waals surface area contributed by atoms with Crippen molar-refractivity contribution in [2.45, 2.75) is 13.0 Å². The smallest absolute Gasteiger partial charge is 0.170 e. The fourth-order valence-corrected chi connectivity index (χ4v) is 2.70. The predicted octanol–water partition coefficient (Wildman–Crippen LogP) is 3.80. The molecule has 0 bridgehead atoms. The van der Waals surface area contributed by atoms with Gasteiger partial charge in [0.15, 0.2) is 11.6 Å². The molecule has 0 aliphatic rings. The number of hydrogen-bond acceptors (Lipinski definition) is 2. The number of methoxy groups -OCH3 is 1. The average Bonchev–Trinajstić information content (AvgIpc) is 2.41. The second kappa shape index (κ2) is 5.88. The summed E-state index contributed by atoms with van der Waals surface area (Å²) >= 11 is 2.24. The first-order chi connectivity index (χ1) is 9.06. The normalized spacial score (nSPS) is 12.3. The molecule has 0 heterocycles. The largest absolute Gasteiger partial charge is 0.494 e. The molecule has 0 saturated carbocycles. The van der Waals surface area contributed by atoms with Crippen LogP contribution in [0.25, 0.3) is 0 Å². The van der Waals surface area contributed by atoms with Gasteiger partial charge in [0.2, 0.25) is 0 Å². The van der Waals surface area contributed by atoms with Crippen molar-refractivity contribution in [1.82, 2.24) is 0 Å². The summed E-state index contributed by atoms with van der Waals surface area (Å²) in [7, 11) is 1.45. The van der Waals surface area contributed by atoms with Crippen LogP contribution in [-0.4, -0.2) is 7.11 Å². The Kier molecular flexibility index (Phi) is 4.42. The first kappa shape index (κ1) is 14.3. The van der Waals surface area contributed by atoms with Gasteiger partial charge in [0.25, 0.3) is 0 Å². The molecule has 1 atom stereocenters. The highest BCUT2D eigenvalue weighted by Crippen LogP contribution is 2.30. The van der Waals surface area contributed by atoms with Crippen LogP contribution in [0.4, 0.5) is 4.39 Å². The summed E-state index contributed by atoms with van der Waals surface area (Å²) in [4.78, 5) is 0. The van der Waals surface area contributed by atoms with Crippen molar-refractivity contribution < 1.29 is 9.13 Å². The van der Waals surface area contributed by atoms with E-state index in [9.17, 15) is 4.39 Å². The quantitative estimate of drug-likeness (QED) is 0.834. The monoisotopic (exact) mass is 371 g/mol. The third-order valence-corrected chi connectivity index (χ3v) is 4.58. The Morgan fingerprint density at radius 2 is 1.79 bits per heavy atom. The Morgan fingerprint density at radius 1 is 1.16 bits per heavy atom. The van der Waals surface area contributed by atoms with E-state index < -0.39 is 11.9 Å². The maximum absolute atomic E-state index is 14.2. The van der Waals surface area contributed by atoms with Crippen LogP contribution in [0.5, 0.6) is 5.75 Å². The average molecular weight is 371 g/mol. The number of ether oxygens (including phenoxy) is 1. The molecule has 0 spiro atoms. The Labute approximate surface area is 125 Å². The van der Waals surface area contributed by atoms with E-state index in [4.69, 9.17) is 10.5 Å². The van der Waals surface area contributed by atoms with Crippen molar-refractivity contribution in [3.8, 4) is 5.75 Å². The molecule has 0 aromatic heterocycles. The van der Waals surface area contributed by atoms with E-state index in [1.54, 1.807) is 18.2 Å². The van der Waals surface area contributed by atoms with Crippen molar-refractivity contribution in [1.29, 1.82) is 0 Å². The lowest BCUT2D eigenvalue weighted by Gasteiger charge is -2.17. The van der Waals surface area contributed by atoms with Gasteiger partial charge < -0.3 is 10.5 Å². The van der Waals surface area contributed by atoms with E-state index in [1.165, 1.54) is 7.11 Å². The summed E-state index contributed by atoms with van der Waals surface area (Å²) < 4.78 is 20.3. The van der Waals surface area contributed by atoms with Crippen molar-refractivity contribution in [3.05, 3.63) is 62.5 Å². The maximum atomic E-state index is 14.2. The molecule has 2 aromatic carbocycles. The summed E-state index contributed by atoms with van der Waals surface area (Å²) in [6, 6.07) is 10.4. The standard InChI is InChI=1S/C15H15FINO/c1-9-5-3-7-11(14(9)17)15(18)10-6-4-8-12(19-2)13(10)16/h3-8,15H,18H2,1-2H3. The Hall–Kier alpha value is -1.14. The highest BCUT2D eigenvalue weighted by molar-refractivity contribution is 14.1. The van der Waals surface area contributed by atoms with Crippen LogP contribution in [0.15, 0.2) is 36.4 Å². The Morgan fingerprint density at radius 3 is 2.47 bits per heavy atom. The minimum atomic E-state index is -0.498. The van der Waals surface area contributed by atoms with Gasteiger partial charge in [-0.05, 0) is 46.7 Å². The minimum Gasteiger partial charge on any atom is -0.494 e. The van der Waals surface area contributed by atoms with Crippen molar-refractivity contribution in [3.63, 3.8) is 0 Å².